The number of benzene rings is 1. The fourth-order valence-electron chi connectivity index (χ4n) is 3.98. The van der Waals surface area contributed by atoms with E-state index in [9.17, 15) is 9.59 Å². The highest BCUT2D eigenvalue weighted by Crippen LogP contribution is 2.43. The van der Waals surface area contributed by atoms with E-state index in [-0.39, 0.29) is 17.4 Å². The fourth-order valence-corrected chi connectivity index (χ4v) is 3.98. The van der Waals surface area contributed by atoms with Crippen molar-refractivity contribution in [1.82, 2.24) is 20.0 Å². The number of rotatable bonds is 6. The summed E-state index contributed by atoms with van der Waals surface area (Å²) in [7, 11) is 3.80. The molecule has 1 aliphatic carbocycles. The number of aromatic nitrogens is 4. The number of hydrogen-bond donors (Lipinski definition) is 2. The van der Waals surface area contributed by atoms with Crippen molar-refractivity contribution in [1.29, 1.82) is 0 Å². The molecule has 1 fully saturated rings. The van der Waals surface area contributed by atoms with E-state index in [0.717, 1.165) is 35.5 Å². The summed E-state index contributed by atoms with van der Waals surface area (Å²) in [5, 5.41) is 14.6. The first-order valence-corrected chi connectivity index (χ1v) is 10.4. The topological polar surface area (TPSA) is 105 Å². The van der Waals surface area contributed by atoms with Gasteiger partial charge in [-0.1, -0.05) is 24.2 Å². The minimum absolute atomic E-state index is 0.0129. The van der Waals surface area contributed by atoms with E-state index in [0.29, 0.717) is 23.7 Å². The van der Waals surface area contributed by atoms with Gasteiger partial charge in [-0.3, -0.25) is 9.59 Å². The Morgan fingerprint density at radius 2 is 2.09 bits per heavy atom. The summed E-state index contributed by atoms with van der Waals surface area (Å²) in [6.45, 7) is -1.82. The van der Waals surface area contributed by atoms with Gasteiger partial charge in [0.2, 0.25) is 5.91 Å². The molecule has 0 atom stereocenters. The molecule has 5 rings (SSSR count). The molecular weight excluding hydrogens is 406 g/mol. The third-order valence-electron chi connectivity index (χ3n) is 5.84. The highest BCUT2D eigenvalue weighted by atomic mass is 16.2. The van der Waals surface area contributed by atoms with Crippen LogP contribution in [0.2, 0.25) is 0 Å². The Bertz CT molecular complexity index is 1330. The van der Waals surface area contributed by atoms with Gasteiger partial charge >= 0.3 is 0 Å². The van der Waals surface area contributed by atoms with Crippen LogP contribution in [0.25, 0.3) is 11.3 Å². The third-order valence-corrected chi connectivity index (χ3v) is 5.84. The Balaban J connectivity index is 1.54. The van der Waals surface area contributed by atoms with Crippen LogP contribution in [-0.4, -0.2) is 38.7 Å². The smallest absolute Gasteiger partial charge is 0.228 e. The number of hydrogen-bond acceptors (Lipinski definition) is 7. The molecule has 0 radical (unpaired) electrons. The maximum Gasteiger partial charge on any atom is 0.228 e. The van der Waals surface area contributed by atoms with Crippen molar-refractivity contribution >= 4 is 34.6 Å². The Labute approximate surface area is 190 Å². The largest absolute Gasteiger partial charge is 0.366 e. The Kier molecular flexibility index (Phi) is 4.08. The SMILES string of the molecule is [2H]C([2H])([2H])CC(=O)c1cnc(NC(=O)C2CC2)cc1Nc1cccc2c1N(C)Cc1c-2nnn1C. The van der Waals surface area contributed by atoms with E-state index in [1.165, 1.54) is 6.20 Å². The van der Waals surface area contributed by atoms with Crippen molar-refractivity contribution in [3.63, 3.8) is 0 Å². The molecular formula is C23H25N7O2. The van der Waals surface area contributed by atoms with Crippen LogP contribution in [-0.2, 0) is 18.4 Å². The van der Waals surface area contributed by atoms with Crippen LogP contribution in [0.3, 0.4) is 0 Å². The number of pyridine rings is 1. The van der Waals surface area contributed by atoms with Gasteiger partial charge in [0.25, 0.3) is 0 Å². The van der Waals surface area contributed by atoms with Crippen LogP contribution in [0, 0.1) is 5.92 Å². The molecule has 0 bridgehead atoms. The van der Waals surface area contributed by atoms with Crippen LogP contribution in [0.4, 0.5) is 22.9 Å². The molecule has 1 saturated carbocycles. The van der Waals surface area contributed by atoms with E-state index >= 15 is 0 Å². The van der Waals surface area contributed by atoms with Crippen molar-refractivity contribution in [2.24, 2.45) is 13.0 Å². The summed E-state index contributed by atoms with van der Waals surface area (Å²) in [5.74, 6) is -0.392. The van der Waals surface area contributed by atoms with Crippen molar-refractivity contribution in [2.75, 3.05) is 22.6 Å². The van der Waals surface area contributed by atoms with Crippen molar-refractivity contribution in [2.45, 2.75) is 32.7 Å². The number of fused-ring (bicyclic) bond motifs is 3. The molecule has 2 aliphatic rings. The fraction of sp³-hybridized carbons (Fsp3) is 0.348. The minimum atomic E-state index is -2.41. The molecule has 9 heteroatoms. The lowest BCUT2D eigenvalue weighted by Crippen LogP contribution is -2.24. The number of amides is 1. The van der Waals surface area contributed by atoms with E-state index in [1.807, 2.05) is 32.3 Å². The molecule has 9 nitrogen and oxygen atoms in total. The molecule has 32 heavy (non-hydrogen) atoms. The second-order valence-electron chi connectivity index (χ2n) is 8.17. The summed E-state index contributed by atoms with van der Waals surface area (Å²) in [6.07, 6.45) is 2.39. The molecule has 164 valence electrons. The zero-order valence-corrected chi connectivity index (χ0v) is 17.8. The lowest BCUT2D eigenvalue weighted by molar-refractivity contribution is -0.117. The number of aryl methyl sites for hydroxylation is 1. The molecule has 1 amide bonds. The lowest BCUT2D eigenvalue weighted by atomic mass is 10.0. The number of para-hydroxylation sites is 1. The highest BCUT2D eigenvalue weighted by molar-refractivity contribution is 6.03. The summed E-state index contributed by atoms with van der Waals surface area (Å²) in [6, 6.07) is 7.28. The number of carbonyl (C=O) groups excluding carboxylic acids is 2. The molecule has 0 spiro atoms. The summed E-state index contributed by atoms with van der Waals surface area (Å²) in [4.78, 5) is 31.4. The van der Waals surface area contributed by atoms with Crippen LogP contribution >= 0.6 is 0 Å². The molecule has 2 aromatic heterocycles. The Morgan fingerprint density at radius 1 is 1.25 bits per heavy atom. The second kappa shape index (κ2) is 7.74. The third kappa shape index (κ3) is 3.49. The number of nitrogens with zero attached hydrogens (tertiary/aromatic N) is 5. The standard InChI is InChI=1S/C23H25N7O2/c1-4-19(31)15-11-24-20(26-23(32)13-8-9-13)10-17(15)25-16-7-5-6-14-21-18(30(3)28-27-21)12-29(2)22(14)16/h5-7,10-11,13H,4,8-9,12H2,1-3H3,(H2,24,25,26,32)/i1D3. The van der Waals surface area contributed by atoms with Crippen LogP contribution in [0.15, 0.2) is 30.5 Å². The van der Waals surface area contributed by atoms with E-state index < -0.39 is 19.1 Å². The normalized spacial score (nSPS) is 16.3. The van der Waals surface area contributed by atoms with Gasteiger partial charge in [-0.2, -0.15) is 0 Å². The number of nitrogens with one attached hydrogen (secondary N) is 2. The first-order chi connectivity index (χ1) is 16.6. The number of anilines is 4. The number of carbonyl (C=O) groups is 2. The predicted molar refractivity (Wildman–Crippen MR) is 122 cm³/mol. The molecule has 1 aromatic carbocycles. The molecule has 1 aliphatic heterocycles. The second-order valence-corrected chi connectivity index (χ2v) is 8.17. The van der Waals surface area contributed by atoms with E-state index in [4.69, 9.17) is 4.11 Å². The zero-order chi connectivity index (χ0) is 24.9. The van der Waals surface area contributed by atoms with Crippen molar-refractivity contribution in [3.8, 4) is 11.3 Å². The molecule has 2 N–H and O–H groups in total. The van der Waals surface area contributed by atoms with Gasteiger partial charge in [0.15, 0.2) is 5.78 Å². The summed E-state index contributed by atoms with van der Waals surface area (Å²) in [5.41, 5.74) is 4.74. The maximum absolute atomic E-state index is 12.9. The Hall–Kier alpha value is -3.75. The van der Waals surface area contributed by atoms with Crippen LogP contribution in [0.1, 0.15) is 46.3 Å². The molecule has 0 saturated heterocycles. The summed E-state index contributed by atoms with van der Waals surface area (Å²) < 4.78 is 24.3. The predicted octanol–water partition coefficient (Wildman–Crippen LogP) is 3.51. The monoisotopic (exact) mass is 434 g/mol. The van der Waals surface area contributed by atoms with Crippen LogP contribution < -0.4 is 15.5 Å². The minimum Gasteiger partial charge on any atom is -0.366 e. The lowest BCUT2D eigenvalue weighted by Gasteiger charge is -2.29. The first-order valence-electron chi connectivity index (χ1n) is 11.9. The molecule has 3 heterocycles. The van der Waals surface area contributed by atoms with Crippen molar-refractivity contribution < 1.29 is 13.7 Å². The highest BCUT2D eigenvalue weighted by Gasteiger charge is 2.30. The van der Waals surface area contributed by atoms with Gasteiger partial charge in [-0.15, -0.1) is 5.10 Å². The number of ketones is 1. The van der Waals surface area contributed by atoms with Gasteiger partial charge in [0, 0.05) is 48.4 Å². The average molecular weight is 435 g/mol. The van der Waals surface area contributed by atoms with E-state index in [2.05, 4.69) is 30.8 Å². The van der Waals surface area contributed by atoms with Gasteiger partial charge in [0.05, 0.1) is 34.9 Å². The Morgan fingerprint density at radius 3 is 2.88 bits per heavy atom. The summed E-state index contributed by atoms with van der Waals surface area (Å²) >= 11 is 0. The van der Waals surface area contributed by atoms with Gasteiger partial charge < -0.3 is 15.5 Å². The zero-order valence-electron chi connectivity index (χ0n) is 20.8. The van der Waals surface area contributed by atoms with Gasteiger partial charge in [0.1, 0.15) is 11.5 Å². The first kappa shape index (κ1) is 16.9. The molecule has 0 unspecified atom stereocenters. The number of Topliss-reactive ketones (excluding diaryl/α,β-unsaturated/α-hetero) is 1. The van der Waals surface area contributed by atoms with Crippen molar-refractivity contribution in [3.05, 3.63) is 41.7 Å². The van der Waals surface area contributed by atoms with Gasteiger partial charge in [-0.25, -0.2) is 9.67 Å². The maximum atomic E-state index is 12.9. The van der Waals surface area contributed by atoms with E-state index in [1.54, 1.807) is 10.7 Å². The van der Waals surface area contributed by atoms with Gasteiger partial charge in [-0.05, 0) is 18.9 Å². The quantitative estimate of drug-likeness (QED) is 0.572. The molecule has 3 aromatic rings. The average Bonchev–Trinajstić information content (AvgIpc) is 3.57. The van der Waals surface area contributed by atoms with Crippen LogP contribution in [0.5, 0.6) is 0 Å².